The van der Waals surface area contributed by atoms with Crippen LogP contribution in [0.4, 0.5) is 0 Å². The SMILES string of the molecule is COc1cc(C(=O)O)ccc1OCCOc1cc(C)ccc1C(C)C. The van der Waals surface area contributed by atoms with Gasteiger partial charge in [0.15, 0.2) is 11.5 Å². The minimum absolute atomic E-state index is 0.154. The van der Waals surface area contributed by atoms with Crippen LogP contribution in [-0.4, -0.2) is 31.4 Å². The number of carboxylic acid groups (broad SMARTS) is 1. The third kappa shape index (κ3) is 4.89. The van der Waals surface area contributed by atoms with Crippen molar-refractivity contribution in [1.82, 2.24) is 0 Å². The lowest BCUT2D eigenvalue weighted by Crippen LogP contribution is -2.11. The number of carbonyl (C=O) groups is 1. The Kier molecular flexibility index (Phi) is 6.28. The van der Waals surface area contributed by atoms with Crippen LogP contribution in [-0.2, 0) is 0 Å². The fourth-order valence-corrected chi connectivity index (χ4v) is 2.47. The molecule has 0 fully saturated rings. The summed E-state index contributed by atoms with van der Waals surface area (Å²) in [6.07, 6.45) is 0. The van der Waals surface area contributed by atoms with Gasteiger partial charge in [0.2, 0.25) is 0 Å². The van der Waals surface area contributed by atoms with Gasteiger partial charge in [-0.15, -0.1) is 0 Å². The molecule has 0 radical (unpaired) electrons. The van der Waals surface area contributed by atoms with E-state index in [1.54, 1.807) is 6.07 Å². The summed E-state index contributed by atoms with van der Waals surface area (Å²) in [5, 5.41) is 9.01. The van der Waals surface area contributed by atoms with Crippen molar-refractivity contribution in [1.29, 1.82) is 0 Å². The molecule has 1 N–H and O–H groups in total. The van der Waals surface area contributed by atoms with Crippen molar-refractivity contribution in [3.63, 3.8) is 0 Å². The second kappa shape index (κ2) is 8.42. The van der Waals surface area contributed by atoms with Gasteiger partial charge in [-0.1, -0.05) is 26.0 Å². The molecule has 134 valence electrons. The maximum absolute atomic E-state index is 11.0. The Morgan fingerprint density at radius 1 is 1.00 bits per heavy atom. The van der Waals surface area contributed by atoms with Gasteiger partial charge in [-0.25, -0.2) is 4.79 Å². The van der Waals surface area contributed by atoms with Gasteiger partial charge in [0.05, 0.1) is 12.7 Å². The number of aryl methyl sites for hydroxylation is 1. The fraction of sp³-hybridized carbons (Fsp3) is 0.350. The van der Waals surface area contributed by atoms with Gasteiger partial charge >= 0.3 is 5.97 Å². The maximum Gasteiger partial charge on any atom is 0.335 e. The molecule has 2 rings (SSSR count). The summed E-state index contributed by atoms with van der Waals surface area (Å²) < 4.78 is 16.7. The molecule has 2 aromatic carbocycles. The van der Waals surface area contributed by atoms with Crippen LogP contribution in [0.15, 0.2) is 36.4 Å². The number of carboxylic acids is 1. The number of rotatable bonds is 8. The zero-order valence-electron chi connectivity index (χ0n) is 15.0. The molecule has 0 bridgehead atoms. The van der Waals surface area contributed by atoms with Crippen LogP contribution in [0.3, 0.4) is 0 Å². The molecule has 0 spiro atoms. The summed E-state index contributed by atoms with van der Waals surface area (Å²) in [6.45, 7) is 7.00. The van der Waals surface area contributed by atoms with Crippen molar-refractivity contribution in [2.45, 2.75) is 26.7 Å². The zero-order chi connectivity index (χ0) is 18.4. The Bertz CT molecular complexity index is 737. The normalized spacial score (nSPS) is 10.6. The van der Waals surface area contributed by atoms with Crippen molar-refractivity contribution in [3.05, 3.63) is 53.1 Å². The van der Waals surface area contributed by atoms with Crippen LogP contribution in [0.2, 0.25) is 0 Å². The van der Waals surface area contributed by atoms with Gasteiger partial charge in [0.1, 0.15) is 19.0 Å². The minimum Gasteiger partial charge on any atom is -0.493 e. The molecular weight excluding hydrogens is 320 g/mol. The van der Waals surface area contributed by atoms with E-state index in [1.807, 2.05) is 13.0 Å². The molecule has 0 aliphatic carbocycles. The molecule has 0 saturated carbocycles. The maximum atomic E-state index is 11.0. The van der Waals surface area contributed by atoms with E-state index < -0.39 is 5.97 Å². The summed E-state index contributed by atoms with van der Waals surface area (Å²) in [4.78, 5) is 11.0. The van der Waals surface area contributed by atoms with Crippen LogP contribution in [0, 0.1) is 6.92 Å². The molecule has 0 unspecified atom stereocenters. The molecule has 0 aromatic heterocycles. The highest BCUT2D eigenvalue weighted by Crippen LogP contribution is 2.29. The highest BCUT2D eigenvalue weighted by molar-refractivity contribution is 5.88. The summed E-state index contributed by atoms with van der Waals surface area (Å²) in [5.74, 6) is 1.11. The Labute approximate surface area is 148 Å². The Hall–Kier alpha value is -2.69. The second-order valence-corrected chi connectivity index (χ2v) is 6.06. The molecule has 5 nitrogen and oxygen atoms in total. The average Bonchev–Trinajstić information content (AvgIpc) is 2.58. The molecule has 0 heterocycles. The van der Waals surface area contributed by atoms with Crippen molar-refractivity contribution in [2.24, 2.45) is 0 Å². The lowest BCUT2D eigenvalue weighted by molar-refractivity contribution is 0.0696. The van der Waals surface area contributed by atoms with Gasteiger partial charge in [-0.2, -0.15) is 0 Å². The number of methoxy groups -OCH3 is 1. The number of ether oxygens (including phenoxy) is 3. The van der Waals surface area contributed by atoms with Gasteiger partial charge in [-0.3, -0.25) is 0 Å². The molecular formula is C20H24O5. The summed E-state index contributed by atoms with van der Waals surface area (Å²) in [5.41, 5.74) is 2.46. The highest BCUT2D eigenvalue weighted by atomic mass is 16.5. The average molecular weight is 344 g/mol. The van der Waals surface area contributed by atoms with Crippen molar-refractivity contribution < 1.29 is 24.1 Å². The summed E-state index contributed by atoms with van der Waals surface area (Å²) in [6, 6.07) is 10.7. The van der Waals surface area contributed by atoms with E-state index in [1.165, 1.54) is 19.2 Å². The summed E-state index contributed by atoms with van der Waals surface area (Å²) >= 11 is 0. The van der Waals surface area contributed by atoms with E-state index in [0.29, 0.717) is 30.6 Å². The molecule has 2 aromatic rings. The first-order valence-corrected chi connectivity index (χ1v) is 8.20. The third-order valence-electron chi connectivity index (χ3n) is 3.80. The van der Waals surface area contributed by atoms with E-state index in [-0.39, 0.29) is 5.56 Å². The van der Waals surface area contributed by atoms with Gasteiger partial charge in [-0.05, 0) is 48.2 Å². The lowest BCUT2D eigenvalue weighted by atomic mass is 10.0. The van der Waals surface area contributed by atoms with Crippen LogP contribution in [0.5, 0.6) is 17.2 Å². The molecule has 25 heavy (non-hydrogen) atoms. The second-order valence-electron chi connectivity index (χ2n) is 6.06. The van der Waals surface area contributed by atoms with Gasteiger partial charge < -0.3 is 19.3 Å². The molecule has 0 aliphatic heterocycles. The number of benzene rings is 2. The first-order valence-electron chi connectivity index (χ1n) is 8.20. The monoisotopic (exact) mass is 344 g/mol. The Morgan fingerprint density at radius 2 is 1.68 bits per heavy atom. The first kappa shape index (κ1) is 18.6. The third-order valence-corrected chi connectivity index (χ3v) is 3.80. The number of aromatic carboxylic acids is 1. The van der Waals surface area contributed by atoms with Crippen molar-refractivity contribution >= 4 is 5.97 Å². The molecule has 0 saturated heterocycles. The largest absolute Gasteiger partial charge is 0.493 e. The van der Waals surface area contributed by atoms with E-state index in [0.717, 1.165) is 16.9 Å². The predicted octanol–water partition coefficient (Wildman–Crippen LogP) is 4.28. The topological polar surface area (TPSA) is 65.0 Å². The lowest BCUT2D eigenvalue weighted by Gasteiger charge is -2.16. The number of hydrogen-bond donors (Lipinski definition) is 1. The fourth-order valence-electron chi connectivity index (χ4n) is 2.47. The van der Waals surface area contributed by atoms with E-state index >= 15 is 0 Å². The molecule has 0 atom stereocenters. The van der Waals surface area contributed by atoms with Crippen LogP contribution in [0.25, 0.3) is 0 Å². The quantitative estimate of drug-likeness (QED) is 0.724. The highest BCUT2D eigenvalue weighted by Gasteiger charge is 2.11. The van der Waals surface area contributed by atoms with E-state index in [4.69, 9.17) is 19.3 Å². The molecule has 0 aliphatic rings. The standard InChI is InChI=1S/C20H24O5/c1-13(2)16-7-5-14(3)11-18(16)25-10-9-24-17-8-6-15(20(21)22)12-19(17)23-4/h5-8,11-13H,9-10H2,1-4H3,(H,21,22). The van der Waals surface area contributed by atoms with E-state index in [9.17, 15) is 4.79 Å². The van der Waals surface area contributed by atoms with Crippen molar-refractivity contribution in [3.8, 4) is 17.2 Å². The molecule has 5 heteroatoms. The first-order chi connectivity index (χ1) is 11.9. The minimum atomic E-state index is -1.01. The van der Waals surface area contributed by atoms with Gasteiger partial charge in [0, 0.05) is 0 Å². The number of hydrogen-bond acceptors (Lipinski definition) is 4. The van der Waals surface area contributed by atoms with E-state index in [2.05, 4.69) is 26.0 Å². The Morgan fingerprint density at radius 3 is 2.28 bits per heavy atom. The van der Waals surface area contributed by atoms with Crippen molar-refractivity contribution in [2.75, 3.05) is 20.3 Å². The Balaban J connectivity index is 1.98. The zero-order valence-corrected chi connectivity index (χ0v) is 15.0. The smallest absolute Gasteiger partial charge is 0.335 e. The predicted molar refractivity (Wildman–Crippen MR) is 96.2 cm³/mol. The molecule has 0 amide bonds. The summed E-state index contributed by atoms with van der Waals surface area (Å²) in [7, 11) is 1.48. The van der Waals surface area contributed by atoms with Crippen LogP contribution >= 0.6 is 0 Å². The van der Waals surface area contributed by atoms with Crippen LogP contribution in [0.1, 0.15) is 41.3 Å². The van der Waals surface area contributed by atoms with Crippen LogP contribution < -0.4 is 14.2 Å². The van der Waals surface area contributed by atoms with Gasteiger partial charge in [0.25, 0.3) is 0 Å².